The Balaban J connectivity index is 2.43. The fourth-order valence-corrected chi connectivity index (χ4v) is 3.34. The molecule has 0 N–H and O–H groups in total. The third-order valence-electron chi connectivity index (χ3n) is 4.33. The Morgan fingerprint density at radius 3 is 2.74 bits per heavy atom. The number of nitrogens with zero attached hydrogens (tertiary/aromatic N) is 1. The number of methoxy groups -OCH3 is 1. The van der Waals surface area contributed by atoms with Gasteiger partial charge in [0, 0.05) is 23.8 Å². The van der Waals surface area contributed by atoms with Crippen molar-refractivity contribution in [2.45, 2.75) is 58.4 Å². The number of hydrogen-bond donors (Lipinski definition) is 0. The van der Waals surface area contributed by atoms with E-state index in [4.69, 9.17) is 4.74 Å². The molecule has 0 saturated carbocycles. The van der Waals surface area contributed by atoms with Crippen molar-refractivity contribution >= 4 is 5.69 Å². The van der Waals surface area contributed by atoms with E-state index in [0.29, 0.717) is 5.92 Å². The van der Waals surface area contributed by atoms with Gasteiger partial charge in [0.15, 0.2) is 0 Å². The van der Waals surface area contributed by atoms with Crippen LogP contribution in [0.5, 0.6) is 5.75 Å². The minimum Gasteiger partial charge on any atom is -0.497 e. The SMILES string of the molecule is CCCCN1c2cc(OC)ccc2C(C)CC1(C)C. The number of hydrogen-bond acceptors (Lipinski definition) is 2. The maximum absolute atomic E-state index is 5.41. The molecule has 2 heteroatoms. The molecule has 1 aliphatic heterocycles. The van der Waals surface area contributed by atoms with Crippen LogP contribution >= 0.6 is 0 Å². The summed E-state index contributed by atoms with van der Waals surface area (Å²) in [5.74, 6) is 1.58. The Bertz CT molecular complexity index is 439. The average molecular weight is 261 g/mol. The van der Waals surface area contributed by atoms with Gasteiger partial charge >= 0.3 is 0 Å². The highest BCUT2D eigenvalue weighted by molar-refractivity contribution is 5.62. The fraction of sp³-hybridized carbons (Fsp3) is 0.647. The molecule has 1 aromatic carbocycles. The van der Waals surface area contributed by atoms with E-state index >= 15 is 0 Å². The van der Waals surface area contributed by atoms with Crippen LogP contribution in [0.3, 0.4) is 0 Å². The smallest absolute Gasteiger partial charge is 0.120 e. The van der Waals surface area contributed by atoms with Gasteiger partial charge in [-0.05, 0) is 44.2 Å². The monoisotopic (exact) mass is 261 g/mol. The zero-order chi connectivity index (χ0) is 14.0. The van der Waals surface area contributed by atoms with Gasteiger partial charge in [-0.25, -0.2) is 0 Å². The van der Waals surface area contributed by atoms with E-state index in [2.05, 4.69) is 50.8 Å². The van der Waals surface area contributed by atoms with Crippen molar-refractivity contribution in [3.05, 3.63) is 23.8 Å². The summed E-state index contributed by atoms with van der Waals surface area (Å²) in [6.45, 7) is 10.5. The van der Waals surface area contributed by atoms with Gasteiger partial charge in [-0.15, -0.1) is 0 Å². The predicted molar refractivity (Wildman–Crippen MR) is 82.4 cm³/mol. The zero-order valence-electron chi connectivity index (χ0n) is 13.0. The summed E-state index contributed by atoms with van der Waals surface area (Å²) in [7, 11) is 1.75. The van der Waals surface area contributed by atoms with Crippen LogP contribution in [-0.2, 0) is 0 Å². The van der Waals surface area contributed by atoms with Gasteiger partial charge in [-0.2, -0.15) is 0 Å². The summed E-state index contributed by atoms with van der Waals surface area (Å²) in [6.07, 6.45) is 3.70. The van der Waals surface area contributed by atoms with E-state index in [-0.39, 0.29) is 5.54 Å². The number of fused-ring (bicyclic) bond motifs is 1. The van der Waals surface area contributed by atoms with E-state index in [1.807, 2.05) is 0 Å². The summed E-state index contributed by atoms with van der Waals surface area (Å²) >= 11 is 0. The van der Waals surface area contributed by atoms with E-state index < -0.39 is 0 Å². The van der Waals surface area contributed by atoms with Gasteiger partial charge in [0.1, 0.15) is 5.75 Å². The quantitative estimate of drug-likeness (QED) is 0.786. The molecule has 1 aromatic rings. The van der Waals surface area contributed by atoms with Gasteiger partial charge in [-0.3, -0.25) is 0 Å². The highest BCUT2D eigenvalue weighted by Gasteiger charge is 2.35. The van der Waals surface area contributed by atoms with Crippen LogP contribution in [0, 0.1) is 0 Å². The van der Waals surface area contributed by atoms with Crippen molar-refractivity contribution in [2.75, 3.05) is 18.6 Å². The molecule has 0 saturated heterocycles. The Labute approximate surface area is 117 Å². The summed E-state index contributed by atoms with van der Waals surface area (Å²) < 4.78 is 5.41. The Kier molecular flexibility index (Phi) is 4.07. The van der Waals surface area contributed by atoms with Crippen LogP contribution in [0.4, 0.5) is 5.69 Å². The molecule has 0 aliphatic carbocycles. The first-order valence-corrected chi connectivity index (χ1v) is 7.45. The first-order chi connectivity index (χ1) is 8.99. The van der Waals surface area contributed by atoms with Crippen LogP contribution in [0.25, 0.3) is 0 Å². The molecule has 1 aliphatic rings. The van der Waals surface area contributed by atoms with Gasteiger partial charge in [-0.1, -0.05) is 26.3 Å². The molecular formula is C17H27NO. The summed E-state index contributed by atoms with van der Waals surface area (Å²) in [4.78, 5) is 2.58. The highest BCUT2D eigenvalue weighted by Crippen LogP contribution is 2.44. The van der Waals surface area contributed by atoms with Crippen LogP contribution in [0.1, 0.15) is 58.4 Å². The number of ether oxygens (including phenoxy) is 1. The number of unbranched alkanes of at least 4 members (excludes halogenated alkanes) is 1. The van der Waals surface area contributed by atoms with Gasteiger partial charge in [0.05, 0.1) is 7.11 Å². The van der Waals surface area contributed by atoms with Crippen LogP contribution in [-0.4, -0.2) is 19.2 Å². The van der Waals surface area contributed by atoms with Crippen LogP contribution in [0.2, 0.25) is 0 Å². The molecule has 1 atom stereocenters. The average Bonchev–Trinajstić information content (AvgIpc) is 2.37. The molecule has 2 rings (SSSR count). The topological polar surface area (TPSA) is 12.5 Å². The summed E-state index contributed by atoms with van der Waals surface area (Å²) in [6, 6.07) is 6.54. The first kappa shape index (κ1) is 14.2. The Hall–Kier alpha value is -1.18. The van der Waals surface area contributed by atoms with Crippen molar-refractivity contribution in [3.8, 4) is 5.75 Å². The lowest BCUT2D eigenvalue weighted by atomic mass is 9.80. The largest absolute Gasteiger partial charge is 0.497 e. The van der Waals surface area contributed by atoms with Gasteiger partial charge in [0.2, 0.25) is 0 Å². The lowest BCUT2D eigenvalue weighted by Gasteiger charge is -2.47. The van der Waals surface area contributed by atoms with Gasteiger partial charge in [0.25, 0.3) is 0 Å². The molecular weight excluding hydrogens is 234 g/mol. The van der Waals surface area contributed by atoms with Crippen LogP contribution < -0.4 is 9.64 Å². The molecule has 0 spiro atoms. The molecule has 0 bridgehead atoms. The Morgan fingerprint density at radius 2 is 2.11 bits per heavy atom. The number of rotatable bonds is 4. The number of benzene rings is 1. The molecule has 0 amide bonds. The molecule has 0 fully saturated rings. The number of anilines is 1. The summed E-state index contributed by atoms with van der Waals surface area (Å²) in [5.41, 5.74) is 3.07. The summed E-state index contributed by atoms with van der Waals surface area (Å²) in [5, 5.41) is 0. The van der Waals surface area contributed by atoms with Crippen molar-refractivity contribution in [1.29, 1.82) is 0 Å². The third kappa shape index (κ3) is 2.72. The fourth-order valence-electron chi connectivity index (χ4n) is 3.34. The standard InChI is InChI=1S/C17H27NO/c1-6-7-10-18-16-11-14(19-5)8-9-15(16)13(2)12-17(18,3)4/h8-9,11,13H,6-7,10,12H2,1-5H3. The highest BCUT2D eigenvalue weighted by atomic mass is 16.5. The normalized spacial score (nSPS) is 21.1. The lowest BCUT2D eigenvalue weighted by molar-refractivity contribution is 0.370. The van der Waals surface area contributed by atoms with Crippen molar-refractivity contribution in [3.63, 3.8) is 0 Å². The lowest BCUT2D eigenvalue weighted by Crippen LogP contribution is -2.48. The second-order valence-electron chi connectivity index (χ2n) is 6.35. The van der Waals surface area contributed by atoms with Crippen LogP contribution in [0.15, 0.2) is 18.2 Å². The zero-order valence-corrected chi connectivity index (χ0v) is 13.0. The van der Waals surface area contributed by atoms with Gasteiger partial charge < -0.3 is 9.64 Å². The maximum atomic E-state index is 5.41. The molecule has 2 nitrogen and oxygen atoms in total. The molecule has 106 valence electrons. The minimum atomic E-state index is 0.230. The molecule has 0 radical (unpaired) electrons. The van der Waals surface area contributed by atoms with Crippen molar-refractivity contribution in [2.24, 2.45) is 0 Å². The minimum absolute atomic E-state index is 0.230. The van der Waals surface area contributed by atoms with Crippen molar-refractivity contribution in [1.82, 2.24) is 0 Å². The maximum Gasteiger partial charge on any atom is 0.120 e. The molecule has 0 aromatic heterocycles. The second-order valence-corrected chi connectivity index (χ2v) is 6.35. The van der Waals surface area contributed by atoms with E-state index in [0.717, 1.165) is 12.3 Å². The molecule has 1 unspecified atom stereocenters. The predicted octanol–water partition coefficient (Wildman–Crippen LogP) is 4.59. The van der Waals surface area contributed by atoms with E-state index in [1.54, 1.807) is 7.11 Å². The van der Waals surface area contributed by atoms with E-state index in [1.165, 1.54) is 30.5 Å². The molecule has 19 heavy (non-hydrogen) atoms. The molecule has 1 heterocycles. The van der Waals surface area contributed by atoms with E-state index in [9.17, 15) is 0 Å². The Morgan fingerprint density at radius 1 is 1.37 bits per heavy atom. The first-order valence-electron chi connectivity index (χ1n) is 7.45. The van der Waals surface area contributed by atoms with Crippen molar-refractivity contribution < 1.29 is 4.74 Å². The second kappa shape index (κ2) is 5.44. The third-order valence-corrected chi connectivity index (χ3v) is 4.33.